The molecule has 6 heteroatoms. The summed E-state index contributed by atoms with van der Waals surface area (Å²) in [5.74, 6) is 0.607. The lowest BCUT2D eigenvalue weighted by molar-refractivity contribution is 0.632. The van der Waals surface area contributed by atoms with Gasteiger partial charge in [0.15, 0.2) is 0 Å². The van der Waals surface area contributed by atoms with Crippen LogP contribution in [0.4, 0.5) is 5.13 Å². The average molecular weight is 307 g/mol. The Morgan fingerprint density at radius 2 is 1.90 bits per heavy atom. The fourth-order valence-corrected chi connectivity index (χ4v) is 3.69. The Bertz CT molecular complexity index is 599. The Kier molecular flexibility index (Phi) is 4.98. The lowest BCUT2D eigenvalue weighted by atomic mass is 10.1. The van der Waals surface area contributed by atoms with Crippen LogP contribution in [0.3, 0.4) is 0 Å². The summed E-state index contributed by atoms with van der Waals surface area (Å²) in [6.07, 6.45) is 0.986. The van der Waals surface area contributed by atoms with E-state index in [1.165, 1.54) is 11.3 Å². The van der Waals surface area contributed by atoms with Gasteiger partial charge in [-0.1, -0.05) is 25.2 Å². The summed E-state index contributed by atoms with van der Waals surface area (Å²) >= 11 is 1.65. The van der Waals surface area contributed by atoms with Crippen molar-refractivity contribution in [2.75, 3.05) is 5.32 Å². The molecule has 1 unspecified atom stereocenters. The minimum Gasteiger partial charge on any atom is -0.353 e. The minimum atomic E-state index is 0.185. The van der Waals surface area contributed by atoms with Crippen LogP contribution >= 0.6 is 11.3 Å². The van der Waals surface area contributed by atoms with Gasteiger partial charge < -0.3 is 5.32 Å². The number of nitrogens with zero attached hydrogens (tertiary/aromatic N) is 4. The normalized spacial score (nSPS) is 12.9. The van der Waals surface area contributed by atoms with Crippen molar-refractivity contribution in [2.45, 2.75) is 60.5 Å². The van der Waals surface area contributed by atoms with E-state index >= 15 is 0 Å². The van der Waals surface area contributed by atoms with Gasteiger partial charge in [0.05, 0.1) is 11.7 Å². The molecule has 0 aliphatic rings. The molecule has 0 aliphatic carbocycles. The van der Waals surface area contributed by atoms with Gasteiger partial charge in [0.1, 0.15) is 5.01 Å². The monoisotopic (exact) mass is 307 g/mol. The summed E-state index contributed by atoms with van der Waals surface area (Å²) in [6.45, 7) is 13.8. The van der Waals surface area contributed by atoms with Gasteiger partial charge in [-0.05, 0) is 33.6 Å². The van der Waals surface area contributed by atoms with Crippen molar-refractivity contribution in [1.29, 1.82) is 0 Å². The zero-order valence-corrected chi connectivity index (χ0v) is 14.6. The molecule has 0 saturated carbocycles. The highest BCUT2D eigenvalue weighted by Crippen LogP contribution is 2.27. The molecule has 21 heavy (non-hydrogen) atoms. The molecule has 116 valence electrons. The summed E-state index contributed by atoms with van der Waals surface area (Å²) in [5.41, 5.74) is 3.57. The SMILES string of the molecule is CCn1nc(C)c(C(C)Nc2nnc(CC(C)C)s2)c1C. The fourth-order valence-electron chi connectivity index (χ4n) is 2.65. The first-order chi connectivity index (χ1) is 9.92. The van der Waals surface area contributed by atoms with Crippen molar-refractivity contribution in [2.24, 2.45) is 5.92 Å². The Labute approximate surface area is 130 Å². The van der Waals surface area contributed by atoms with Gasteiger partial charge in [0.25, 0.3) is 0 Å². The van der Waals surface area contributed by atoms with E-state index in [0.717, 1.165) is 28.8 Å². The highest BCUT2D eigenvalue weighted by Gasteiger charge is 2.18. The first kappa shape index (κ1) is 15.9. The molecule has 1 N–H and O–H groups in total. The van der Waals surface area contributed by atoms with Crippen molar-refractivity contribution in [3.05, 3.63) is 22.0 Å². The third kappa shape index (κ3) is 3.61. The Morgan fingerprint density at radius 3 is 2.48 bits per heavy atom. The minimum absolute atomic E-state index is 0.185. The number of anilines is 1. The van der Waals surface area contributed by atoms with Crippen LogP contribution in [-0.4, -0.2) is 20.0 Å². The first-order valence-electron chi connectivity index (χ1n) is 7.55. The number of rotatable bonds is 6. The third-order valence-electron chi connectivity index (χ3n) is 3.56. The highest BCUT2D eigenvalue weighted by atomic mass is 32.1. The molecular weight excluding hydrogens is 282 g/mol. The van der Waals surface area contributed by atoms with Gasteiger partial charge in [-0.3, -0.25) is 4.68 Å². The predicted molar refractivity (Wildman–Crippen MR) is 87.9 cm³/mol. The zero-order valence-electron chi connectivity index (χ0n) is 13.8. The highest BCUT2D eigenvalue weighted by molar-refractivity contribution is 7.15. The number of hydrogen-bond acceptors (Lipinski definition) is 5. The van der Waals surface area contributed by atoms with Gasteiger partial charge >= 0.3 is 0 Å². The maximum atomic E-state index is 4.58. The average Bonchev–Trinajstić information content (AvgIpc) is 2.93. The summed E-state index contributed by atoms with van der Waals surface area (Å²) in [5, 5.41) is 18.5. The quantitative estimate of drug-likeness (QED) is 0.883. The summed E-state index contributed by atoms with van der Waals surface area (Å²) in [4.78, 5) is 0. The standard InChI is InChI=1S/C15H25N5S/c1-7-20-12(6)14(11(5)19-20)10(4)16-15-18-17-13(21-15)8-9(2)3/h9-10H,7-8H2,1-6H3,(H,16,18). The second-order valence-corrected chi connectivity index (χ2v) is 6.93. The molecular formula is C15H25N5S. The molecule has 2 aromatic rings. The van der Waals surface area contributed by atoms with Crippen molar-refractivity contribution >= 4 is 16.5 Å². The Balaban J connectivity index is 2.12. The first-order valence-corrected chi connectivity index (χ1v) is 8.36. The van der Waals surface area contributed by atoms with E-state index in [4.69, 9.17) is 0 Å². The Morgan fingerprint density at radius 1 is 1.19 bits per heavy atom. The van der Waals surface area contributed by atoms with Crippen LogP contribution in [0.25, 0.3) is 0 Å². The van der Waals surface area contributed by atoms with Crippen LogP contribution in [-0.2, 0) is 13.0 Å². The van der Waals surface area contributed by atoms with Crippen molar-refractivity contribution in [3.63, 3.8) is 0 Å². The van der Waals surface area contributed by atoms with Gasteiger partial charge in [-0.25, -0.2) is 0 Å². The molecule has 5 nitrogen and oxygen atoms in total. The summed E-state index contributed by atoms with van der Waals surface area (Å²) in [7, 11) is 0. The van der Waals surface area contributed by atoms with Crippen molar-refractivity contribution in [1.82, 2.24) is 20.0 Å². The molecule has 0 aliphatic heterocycles. The van der Waals surface area contributed by atoms with Crippen molar-refractivity contribution < 1.29 is 0 Å². The van der Waals surface area contributed by atoms with E-state index < -0.39 is 0 Å². The maximum Gasteiger partial charge on any atom is 0.206 e. The second kappa shape index (κ2) is 6.56. The summed E-state index contributed by atoms with van der Waals surface area (Å²) < 4.78 is 2.05. The second-order valence-electron chi connectivity index (χ2n) is 5.87. The predicted octanol–water partition coefficient (Wildman–Crippen LogP) is 3.74. The van der Waals surface area contributed by atoms with Gasteiger partial charge in [0.2, 0.25) is 5.13 Å². The van der Waals surface area contributed by atoms with E-state index in [0.29, 0.717) is 5.92 Å². The molecule has 2 aromatic heterocycles. The largest absolute Gasteiger partial charge is 0.353 e. The van der Waals surface area contributed by atoms with Crippen LogP contribution in [0, 0.1) is 19.8 Å². The fraction of sp³-hybridized carbons (Fsp3) is 0.667. The van der Waals surface area contributed by atoms with E-state index in [1.54, 1.807) is 11.3 Å². The zero-order chi connectivity index (χ0) is 15.6. The number of hydrogen-bond donors (Lipinski definition) is 1. The molecule has 1 atom stereocenters. The lowest BCUT2D eigenvalue weighted by Gasteiger charge is -2.13. The molecule has 0 spiro atoms. The molecule has 0 fully saturated rings. The summed E-state index contributed by atoms with van der Waals surface area (Å²) in [6, 6.07) is 0.185. The Hall–Kier alpha value is -1.43. The molecule has 0 saturated heterocycles. The number of aromatic nitrogens is 4. The molecule has 2 heterocycles. The topological polar surface area (TPSA) is 55.6 Å². The van der Waals surface area contributed by atoms with Gasteiger partial charge in [-0.2, -0.15) is 5.10 Å². The van der Waals surface area contributed by atoms with E-state index in [1.807, 2.05) is 4.68 Å². The third-order valence-corrected chi connectivity index (χ3v) is 4.44. The molecule has 0 radical (unpaired) electrons. The van der Waals surface area contributed by atoms with E-state index in [-0.39, 0.29) is 6.04 Å². The lowest BCUT2D eigenvalue weighted by Crippen LogP contribution is -2.09. The smallest absolute Gasteiger partial charge is 0.206 e. The molecule has 2 rings (SSSR count). The molecule has 0 aromatic carbocycles. The van der Waals surface area contributed by atoms with Crippen LogP contribution in [0.5, 0.6) is 0 Å². The molecule has 0 bridgehead atoms. The van der Waals surface area contributed by atoms with Crippen molar-refractivity contribution in [3.8, 4) is 0 Å². The van der Waals surface area contributed by atoms with E-state index in [2.05, 4.69) is 62.2 Å². The molecule has 0 amide bonds. The van der Waals surface area contributed by atoms with Gasteiger partial charge in [-0.15, -0.1) is 10.2 Å². The van der Waals surface area contributed by atoms with Crippen LogP contribution in [0.15, 0.2) is 0 Å². The number of nitrogens with one attached hydrogen (secondary N) is 1. The van der Waals surface area contributed by atoms with Crippen LogP contribution in [0.2, 0.25) is 0 Å². The van der Waals surface area contributed by atoms with Gasteiger partial charge in [0, 0.05) is 24.2 Å². The van der Waals surface area contributed by atoms with E-state index in [9.17, 15) is 0 Å². The number of aryl methyl sites for hydroxylation is 2. The van der Waals surface area contributed by atoms with Crippen LogP contribution < -0.4 is 5.32 Å². The van der Waals surface area contributed by atoms with Crippen LogP contribution in [0.1, 0.15) is 55.7 Å². The maximum absolute atomic E-state index is 4.58.